The first-order valence-electron chi connectivity index (χ1n) is 11.6. The standard InChI is InChI=1S/C26H26FN5O2/c1-2-32-15-18(14-28-32)20-12-9-17(13-23(20)27)25(33)29-19-10-7-16(8-11-19)24-21-5-3-4-6-22(21)26(34)31-30-24/h3-6,9,12-16,19H,2,7-8,10-11H2,1H3,(H,29,33)(H,31,34)/t16-,19-. The summed E-state index contributed by atoms with van der Waals surface area (Å²) in [7, 11) is 0. The number of aromatic nitrogens is 4. The molecular weight excluding hydrogens is 433 g/mol. The zero-order valence-corrected chi connectivity index (χ0v) is 18.9. The highest BCUT2D eigenvalue weighted by atomic mass is 19.1. The van der Waals surface area contributed by atoms with Crippen LogP contribution in [0.5, 0.6) is 0 Å². The summed E-state index contributed by atoms with van der Waals surface area (Å²) < 4.78 is 16.5. The average molecular weight is 460 g/mol. The molecule has 0 unspecified atom stereocenters. The maximum atomic E-state index is 14.7. The van der Waals surface area contributed by atoms with Crippen molar-refractivity contribution in [3.63, 3.8) is 0 Å². The van der Waals surface area contributed by atoms with Gasteiger partial charge in [-0.2, -0.15) is 10.2 Å². The molecule has 5 rings (SSSR count). The van der Waals surface area contributed by atoms with Crippen LogP contribution in [0.1, 0.15) is 54.6 Å². The predicted octanol–water partition coefficient (Wildman–Crippen LogP) is 4.40. The Morgan fingerprint density at radius 2 is 1.91 bits per heavy atom. The highest BCUT2D eigenvalue weighted by Gasteiger charge is 2.26. The van der Waals surface area contributed by atoms with E-state index in [9.17, 15) is 14.0 Å². The number of carbonyl (C=O) groups is 1. The number of nitrogens with one attached hydrogen (secondary N) is 2. The molecule has 1 amide bonds. The minimum Gasteiger partial charge on any atom is -0.349 e. The second-order valence-electron chi connectivity index (χ2n) is 8.78. The van der Waals surface area contributed by atoms with Crippen LogP contribution in [0.4, 0.5) is 4.39 Å². The number of hydrogen-bond donors (Lipinski definition) is 2. The summed E-state index contributed by atoms with van der Waals surface area (Å²) >= 11 is 0. The summed E-state index contributed by atoms with van der Waals surface area (Å²) in [6.45, 7) is 2.67. The van der Waals surface area contributed by atoms with Crippen LogP contribution in [0.3, 0.4) is 0 Å². The van der Waals surface area contributed by atoms with E-state index in [2.05, 4.69) is 20.6 Å². The molecule has 2 N–H and O–H groups in total. The van der Waals surface area contributed by atoms with Crippen molar-refractivity contribution in [1.29, 1.82) is 0 Å². The molecule has 0 spiro atoms. The van der Waals surface area contributed by atoms with Crippen molar-refractivity contribution in [1.82, 2.24) is 25.3 Å². The fraction of sp³-hybridized carbons (Fsp3) is 0.308. The molecule has 0 radical (unpaired) electrons. The highest BCUT2D eigenvalue weighted by Crippen LogP contribution is 2.34. The van der Waals surface area contributed by atoms with Crippen LogP contribution in [0.25, 0.3) is 21.9 Å². The lowest BCUT2D eigenvalue weighted by Crippen LogP contribution is -2.37. The number of hydrogen-bond acceptors (Lipinski definition) is 4. The van der Waals surface area contributed by atoms with Gasteiger partial charge >= 0.3 is 0 Å². The second kappa shape index (κ2) is 9.21. The smallest absolute Gasteiger partial charge is 0.272 e. The van der Waals surface area contributed by atoms with Gasteiger partial charge in [-0.25, -0.2) is 9.49 Å². The molecule has 0 atom stereocenters. The monoisotopic (exact) mass is 459 g/mol. The largest absolute Gasteiger partial charge is 0.349 e. The van der Waals surface area contributed by atoms with E-state index in [1.165, 1.54) is 6.07 Å². The molecule has 0 saturated heterocycles. The zero-order valence-electron chi connectivity index (χ0n) is 18.9. The molecule has 0 aliphatic heterocycles. The first-order valence-corrected chi connectivity index (χ1v) is 11.6. The van der Waals surface area contributed by atoms with Crippen molar-refractivity contribution in [2.45, 2.75) is 51.1 Å². The van der Waals surface area contributed by atoms with Crippen molar-refractivity contribution in [2.75, 3.05) is 0 Å². The summed E-state index contributed by atoms with van der Waals surface area (Å²) in [6, 6.07) is 12.1. The third-order valence-electron chi connectivity index (χ3n) is 6.67. The second-order valence-corrected chi connectivity index (χ2v) is 8.78. The molecule has 0 bridgehead atoms. The molecule has 1 aliphatic carbocycles. The lowest BCUT2D eigenvalue weighted by atomic mass is 9.82. The van der Waals surface area contributed by atoms with Gasteiger partial charge in [0.1, 0.15) is 5.82 Å². The molecule has 2 heterocycles. The molecule has 2 aromatic heterocycles. The van der Waals surface area contributed by atoms with Gasteiger partial charge in [-0.1, -0.05) is 24.3 Å². The fourth-order valence-electron chi connectivity index (χ4n) is 4.79. The van der Waals surface area contributed by atoms with E-state index in [4.69, 9.17) is 0 Å². The lowest BCUT2D eigenvalue weighted by Gasteiger charge is -2.29. The Balaban J connectivity index is 1.24. The van der Waals surface area contributed by atoms with Gasteiger partial charge in [0.2, 0.25) is 0 Å². The van der Waals surface area contributed by atoms with E-state index in [-0.39, 0.29) is 23.4 Å². The Bertz CT molecular complexity index is 1400. The van der Waals surface area contributed by atoms with Gasteiger partial charge in [0, 0.05) is 46.8 Å². The van der Waals surface area contributed by atoms with Crippen LogP contribution >= 0.6 is 0 Å². The van der Waals surface area contributed by atoms with Crippen molar-refractivity contribution < 1.29 is 9.18 Å². The number of carbonyl (C=O) groups excluding carboxylic acids is 1. The van der Waals surface area contributed by atoms with E-state index in [0.29, 0.717) is 28.6 Å². The summed E-state index contributed by atoms with van der Waals surface area (Å²) in [6.07, 6.45) is 6.70. The van der Waals surface area contributed by atoms with Gasteiger partial charge < -0.3 is 5.32 Å². The molecule has 8 heteroatoms. The first kappa shape index (κ1) is 22.0. The summed E-state index contributed by atoms with van der Waals surface area (Å²) in [4.78, 5) is 24.8. The van der Waals surface area contributed by atoms with E-state index in [1.807, 2.05) is 31.2 Å². The number of halogens is 1. The number of H-pyrrole nitrogens is 1. The predicted molar refractivity (Wildman–Crippen MR) is 128 cm³/mol. The summed E-state index contributed by atoms with van der Waals surface area (Å²) in [5, 5.41) is 15.7. The minimum absolute atomic E-state index is 0.0169. The van der Waals surface area contributed by atoms with Crippen LogP contribution < -0.4 is 10.9 Å². The third-order valence-corrected chi connectivity index (χ3v) is 6.67. The Labute approximate surface area is 196 Å². The summed E-state index contributed by atoms with van der Waals surface area (Å²) in [5.41, 5.74) is 2.15. The van der Waals surface area contributed by atoms with E-state index >= 15 is 0 Å². The van der Waals surface area contributed by atoms with Crippen molar-refractivity contribution in [3.05, 3.63) is 82.3 Å². The highest BCUT2D eigenvalue weighted by molar-refractivity contribution is 5.95. The maximum absolute atomic E-state index is 14.7. The third kappa shape index (κ3) is 4.23. The maximum Gasteiger partial charge on any atom is 0.272 e. The quantitative estimate of drug-likeness (QED) is 0.463. The Morgan fingerprint density at radius 1 is 1.15 bits per heavy atom. The average Bonchev–Trinajstić information content (AvgIpc) is 3.34. The van der Waals surface area contributed by atoms with Crippen molar-refractivity contribution in [3.8, 4) is 11.1 Å². The number of aryl methyl sites for hydroxylation is 1. The van der Waals surface area contributed by atoms with Gasteiger partial charge in [0.25, 0.3) is 11.5 Å². The topological polar surface area (TPSA) is 92.7 Å². The minimum atomic E-state index is -0.442. The van der Waals surface area contributed by atoms with Crippen molar-refractivity contribution in [2.24, 2.45) is 0 Å². The van der Waals surface area contributed by atoms with Crippen LogP contribution in [-0.2, 0) is 6.54 Å². The number of nitrogens with zero attached hydrogens (tertiary/aromatic N) is 3. The number of benzene rings is 2. The molecule has 174 valence electrons. The Kier molecular flexibility index (Phi) is 5.96. The van der Waals surface area contributed by atoms with E-state index in [0.717, 1.165) is 36.8 Å². The van der Waals surface area contributed by atoms with Gasteiger partial charge in [-0.05, 0) is 50.8 Å². The summed E-state index contributed by atoms with van der Waals surface area (Å²) in [5.74, 6) is -0.496. The molecule has 2 aromatic carbocycles. The molecule has 1 aliphatic rings. The van der Waals surface area contributed by atoms with Crippen LogP contribution in [0.15, 0.2) is 59.7 Å². The number of rotatable bonds is 5. The molecule has 1 fully saturated rings. The van der Waals surface area contributed by atoms with E-state index in [1.54, 1.807) is 29.2 Å². The van der Waals surface area contributed by atoms with Gasteiger partial charge in [-0.3, -0.25) is 14.3 Å². The number of aromatic amines is 1. The Morgan fingerprint density at radius 3 is 2.62 bits per heavy atom. The van der Waals surface area contributed by atoms with Crippen LogP contribution in [0, 0.1) is 5.82 Å². The SMILES string of the molecule is CCn1cc(-c2ccc(C(=O)N[C@H]3CC[C@H](c4n[nH]c(=O)c5ccccc54)CC3)cc2F)cn1. The number of amides is 1. The molecular formula is C26H26FN5O2. The van der Waals surface area contributed by atoms with Crippen LogP contribution in [-0.4, -0.2) is 31.9 Å². The van der Waals surface area contributed by atoms with Crippen molar-refractivity contribution >= 4 is 16.7 Å². The molecule has 7 nitrogen and oxygen atoms in total. The van der Waals surface area contributed by atoms with Crippen LogP contribution in [0.2, 0.25) is 0 Å². The normalized spacial score (nSPS) is 18.2. The van der Waals surface area contributed by atoms with Gasteiger partial charge in [0.15, 0.2) is 0 Å². The van der Waals surface area contributed by atoms with E-state index < -0.39 is 5.82 Å². The van der Waals surface area contributed by atoms with Gasteiger partial charge in [0.05, 0.1) is 17.3 Å². The molecule has 1 saturated carbocycles. The number of fused-ring (bicyclic) bond motifs is 1. The zero-order chi connectivity index (χ0) is 23.7. The fourth-order valence-corrected chi connectivity index (χ4v) is 4.79. The first-order chi connectivity index (χ1) is 16.5. The molecule has 34 heavy (non-hydrogen) atoms. The Hall–Kier alpha value is -3.81. The van der Waals surface area contributed by atoms with Gasteiger partial charge in [-0.15, -0.1) is 0 Å². The lowest BCUT2D eigenvalue weighted by molar-refractivity contribution is 0.0925. The molecule has 4 aromatic rings.